The van der Waals surface area contributed by atoms with Crippen LogP contribution in [0.1, 0.15) is 12.8 Å². The number of allylic oxidation sites excluding steroid dienone is 2. The average Bonchev–Trinajstić information content (AvgIpc) is 1.90. The van der Waals surface area contributed by atoms with Gasteiger partial charge in [-0.3, -0.25) is 0 Å². The summed E-state index contributed by atoms with van der Waals surface area (Å²) in [4.78, 5) is 0. The molecule has 0 aromatic heterocycles. The molecule has 0 saturated heterocycles. The monoisotopic (exact) mass is 124 g/mol. The van der Waals surface area contributed by atoms with Gasteiger partial charge in [-0.2, -0.15) is 0 Å². The highest BCUT2D eigenvalue weighted by molar-refractivity contribution is 5.04. The molecule has 0 aromatic rings. The van der Waals surface area contributed by atoms with Crippen molar-refractivity contribution in [2.45, 2.75) is 18.9 Å². The van der Waals surface area contributed by atoms with E-state index in [1.165, 1.54) is 0 Å². The third kappa shape index (κ3) is 1.68. The first kappa shape index (κ1) is 6.56. The summed E-state index contributed by atoms with van der Waals surface area (Å²) in [6.07, 6.45) is 7.49. The third-order valence-corrected chi connectivity index (χ3v) is 1.68. The fourth-order valence-electron chi connectivity index (χ4n) is 1.02. The average molecular weight is 124 g/mol. The van der Waals surface area contributed by atoms with E-state index in [-0.39, 0.29) is 6.10 Å². The van der Waals surface area contributed by atoms with Crippen LogP contribution in [0.5, 0.6) is 0 Å². The van der Waals surface area contributed by atoms with Gasteiger partial charge in [0.05, 0.1) is 6.10 Å². The van der Waals surface area contributed by atoms with Gasteiger partial charge in [-0.25, -0.2) is 0 Å². The van der Waals surface area contributed by atoms with Gasteiger partial charge in [0.1, 0.15) is 0 Å². The van der Waals surface area contributed by atoms with E-state index in [1.807, 2.05) is 18.2 Å². The van der Waals surface area contributed by atoms with Gasteiger partial charge in [-0.15, -0.1) is 6.58 Å². The molecule has 1 N–H and O–H groups in total. The van der Waals surface area contributed by atoms with Crippen LogP contribution in [0.2, 0.25) is 0 Å². The van der Waals surface area contributed by atoms with Crippen molar-refractivity contribution in [3.63, 3.8) is 0 Å². The SMILES string of the molecule is C=C[C@@H]1C=C[C@H](O)CC1. The molecule has 1 aliphatic carbocycles. The van der Waals surface area contributed by atoms with Crippen LogP contribution in [-0.4, -0.2) is 11.2 Å². The zero-order chi connectivity index (χ0) is 6.69. The fraction of sp³-hybridized carbons (Fsp3) is 0.500. The number of hydrogen-bond donors (Lipinski definition) is 1. The highest BCUT2D eigenvalue weighted by Gasteiger charge is 2.09. The molecule has 2 atom stereocenters. The largest absolute Gasteiger partial charge is 0.389 e. The maximum atomic E-state index is 9.00. The van der Waals surface area contributed by atoms with Gasteiger partial charge in [-0.05, 0) is 18.8 Å². The lowest BCUT2D eigenvalue weighted by molar-refractivity contribution is 0.199. The van der Waals surface area contributed by atoms with Crippen LogP contribution in [0.15, 0.2) is 24.8 Å². The standard InChI is InChI=1S/C8H12O/c1-2-7-3-5-8(9)6-4-7/h2-3,5,7-9H,1,4,6H2/t7-,8+/m1/s1. The van der Waals surface area contributed by atoms with Crippen molar-refractivity contribution in [2.24, 2.45) is 5.92 Å². The Morgan fingerprint density at radius 1 is 1.44 bits per heavy atom. The molecule has 1 nitrogen and oxygen atoms in total. The summed E-state index contributed by atoms with van der Waals surface area (Å²) < 4.78 is 0. The van der Waals surface area contributed by atoms with Gasteiger partial charge in [0.2, 0.25) is 0 Å². The van der Waals surface area contributed by atoms with Gasteiger partial charge < -0.3 is 5.11 Å². The van der Waals surface area contributed by atoms with Crippen LogP contribution in [0, 0.1) is 5.92 Å². The number of rotatable bonds is 1. The molecular weight excluding hydrogens is 112 g/mol. The van der Waals surface area contributed by atoms with E-state index in [0.29, 0.717) is 5.92 Å². The van der Waals surface area contributed by atoms with E-state index in [0.717, 1.165) is 12.8 Å². The van der Waals surface area contributed by atoms with E-state index in [4.69, 9.17) is 5.11 Å². The molecule has 0 heterocycles. The topological polar surface area (TPSA) is 20.2 Å². The summed E-state index contributed by atoms with van der Waals surface area (Å²) in [5.41, 5.74) is 0. The second-order valence-electron chi connectivity index (χ2n) is 2.43. The van der Waals surface area contributed by atoms with Gasteiger partial charge >= 0.3 is 0 Å². The molecule has 9 heavy (non-hydrogen) atoms. The lowest BCUT2D eigenvalue weighted by atomic mass is 9.95. The van der Waals surface area contributed by atoms with Crippen LogP contribution < -0.4 is 0 Å². The molecule has 1 rings (SSSR count). The van der Waals surface area contributed by atoms with Crippen molar-refractivity contribution in [3.8, 4) is 0 Å². The van der Waals surface area contributed by atoms with E-state index in [2.05, 4.69) is 6.58 Å². The number of hydrogen-bond acceptors (Lipinski definition) is 1. The lowest BCUT2D eigenvalue weighted by Crippen LogP contribution is -2.10. The Morgan fingerprint density at radius 2 is 2.22 bits per heavy atom. The van der Waals surface area contributed by atoms with Crippen LogP contribution in [0.3, 0.4) is 0 Å². The van der Waals surface area contributed by atoms with Crippen molar-refractivity contribution in [1.82, 2.24) is 0 Å². The van der Waals surface area contributed by atoms with Crippen LogP contribution in [0.4, 0.5) is 0 Å². The molecule has 0 amide bonds. The maximum absolute atomic E-state index is 9.00. The molecule has 1 heteroatoms. The van der Waals surface area contributed by atoms with Gasteiger partial charge in [-0.1, -0.05) is 18.2 Å². The molecule has 0 saturated carbocycles. The molecule has 0 aliphatic heterocycles. The number of aliphatic hydroxyl groups is 1. The summed E-state index contributed by atoms with van der Waals surface area (Å²) in [5.74, 6) is 0.494. The van der Waals surface area contributed by atoms with Crippen molar-refractivity contribution in [1.29, 1.82) is 0 Å². The number of aliphatic hydroxyl groups excluding tert-OH is 1. The van der Waals surface area contributed by atoms with Crippen LogP contribution >= 0.6 is 0 Å². The predicted octanol–water partition coefficient (Wildman–Crippen LogP) is 1.50. The smallest absolute Gasteiger partial charge is 0.0721 e. The molecule has 50 valence electrons. The Morgan fingerprint density at radius 3 is 2.67 bits per heavy atom. The minimum absolute atomic E-state index is 0.207. The first-order valence-corrected chi connectivity index (χ1v) is 3.32. The Balaban J connectivity index is 2.47. The fourth-order valence-corrected chi connectivity index (χ4v) is 1.02. The highest BCUT2D eigenvalue weighted by Crippen LogP contribution is 2.17. The van der Waals surface area contributed by atoms with Gasteiger partial charge in [0.25, 0.3) is 0 Å². The molecule has 0 fully saturated rings. The molecule has 1 aliphatic rings. The van der Waals surface area contributed by atoms with Gasteiger partial charge in [0.15, 0.2) is 0 Å². The first-order chi connectivity index (χ1) is 4.33. The minimum atomic E-state index is -0.207. The lowest BCUT2D eigenvalue weighted by Gasteiger charge is -2.15. The van der Waals surface area contributed by atoms with Crippen molar-refractivity contribution < 1.29 is 5.11 Å². The zero-order valence-electron chi connectivity index (χ0n) is 5.46. The molecule has 0 bridgehead atoms. The first-order valence-electron chi connectivity index (χ1n) is 3.32. The second-order valence-corrected chi connectivity index (χ2v) is 2.43. The van der Waals surface area contributed by atoms with E-state index in [1.54, 1.807) is 0 Å². The second kappa shape index (κ2) is 2.83. The normalized spacial score (nSPS) is 34.3. The summed E-state index contributed by atoms with van der Waals surface area (Å²) in [7, 11) is 0. The molecule has 0 radical (unpaired) electrons. The van der Waals surface area contributed by atoms with Crippen LogP contribution in [-0.2, 0) is 0 Å². The maximum Gasteiger partial charge on any atom is 0.0721 e. The molecule has 0 spiro atoms. The highest BCUT2D eigenvalue weighted by atomic mass is 16.3. The molecular formula is C8H12O. The van der Waals surface area contributed by atoms with E-state index >= 15 is 0 Å². The van der Waals surface area contributed by atoms with Crippen molar-refractivity contribution >= 4 is 0 Å². The minimum Gasteiger partial charge on any atom is -0.389 e. The van der Waals surface area contributed by atoms with Crippen molar-refractivity contribution in [2.75, 3.05) is 0 Å². The summed E-state index contributed by atoms with van der Waals surface area (Å²) >= 11 is 0. The molecule has 0 aromatic carbocycles. The Hall–Kier alpha value is -0.560. The Labute approximate surface area is 55.7 Å². The molecule has 0 unspecified atom stereocenters. The zero-order valence-corrected chi connectivity index (χ0v) is 5.46. The summed E-state index contributed by atoms with van der Waals surface area (Å²) in [5, 5.41) is 9.00. The third-order valence-electron chi connectivity index (χ3n) is 1.68. The van der Waals surface area contributed by atoms with E-state index in [9.17, 15) is 0 Å². The van der Waals surface area contributed by atoms with Gasteiger partial charge in [0, 0.05) is 0 Å². The van der Waals surface area contributed by atoms with Crippen molar-refractivity contribution in [3.05, 3.63) is 24.8 Å². The Kier molecular flexibility index (Phi) is 2.06. The summed E-state index contributed by atoms with van der Waals surface area (Å²) in [6, 6.07) is 0. The quantitative estimate of drug-likeness (QED) is 0.525. The van der Waals surface area contributed by atoms with Crippen LogP contribution in [0.25, 0.3) is 0 Å². The summed E-state index contributed by atoms with van der Waals surface area (Å²) in [6.45, 7) is 3.68. The van der Waals surface area contributed by atoms with E-state index < -0.39 is 0 Å². The Bertz CT molecular complexity index is 127. The predicted molar refractivity (Wildman–Crippen MR) is 38.1 cm³/mol.